The van der Waals surface area contributed by atoms with Crippen LogP contribution < -0.4 is 5.32 Å². The SMILES string of the molecule is CC(C)N(C)CCCCNCc1ccc2cc[nH]c2c1. The van der Waals surface area contributed by atoms with Crippen LogP contribution in [0, 0.1) is 0 Å². The second kappa shape index (κ2) is 7.46. The Morgan fingerprint density at radius 1 is 1.20 bits per heavy atom. The molecule has 1 aromatic heterocycles. The van der Waals surface area contributed by atoms with Gasteiger partial charge in [-0.15, -0.1) is 0 Å². The summed E-state index contributed by atoms with van der Waals surface area (Å²) < 4.78 is 0. The second-order valence-corrected chi connectivity index (χ2v) is 5.86. The van der Waals surface area contributed by atoms with E-state index in [1.54, 1.807) is 0 Å². The van der Waals surface area contributed by atoms with Gasteiger partial charge in [0.25, 0.3) is 0 Å². The number of nitrogens with zero attached hydrogens (tertiary/aromatic N) is 1. The molecule has 0 radical (unpaired) electrons. The van der Waals surface area contributed by atoms with Crippen molar-refractivity contribution in [2.75, 3.05) is 20.1 Å². The van der Waals surface area contributed by atoms with E-state index in [0.717, 1.165) is 13.1 Å². The number of aromatic nitrogens is 1. The Morgan fingerprint density at radius 3 is 2.85 bits per heavy atom. The standard InChI is InChI=1S/C17H27N3/c1-14(2)20(3)11-5-4-9-18-13-15-6-7-16-8-10-19-17(16)12-15/h6-8,10,12,14,18-19H,4-5,9,11,13H2,1-3H3. The van der Waals surface area contributed by atoms with Gasteiger partial charge in [-0.2, -0.15) is 0 Å². The average molecular weight is 273 g/mol. The molecule has 2 rings (SSSR count). The zero-order chi connectivity index (χ0) is 14.4. The van der Waals surface area contributed by atoms with E-state index in [0.29, 0.717) is 6.04 Å². The predicted molar refractivity (Wildman–Crippen MR) is 87.0 cm³/mol. The molecule has 1 heterocycles. The molecule has 0 fully saturated rings. The number of H-pyrrole nitrogens is 1. The van der Waals surface area contributed by atoms with Crippen molar-refractivity contribution in [3.63, 3.8) is 0 Å². The predicted octanol–water partition coefficient (Wildman–Crippen LogP) is 3.38. The van der Waals surface area contributed by atoms with E-state index in [9.17, 15) is 0 Å². The molecule has 0 aliphatic heterocycles. The Balaban J connectivity index is 1.63. The number of hydrogen-bond donors (Lipinski definition) is 2. The minimum atomic E-state index is 0.649. The Labute approximate surface area is 122 Å². The summed E-state index contributed by atoms with van der Waals surface area (Å²) in [6.45, 7) is 7.72. The molecule has 20 heavy (non-hydrogen) atoms. The number of fused-ring (bicyclic) bond motifs is 1. The normalized spacial score (nSPS) is 11.8. The fraction of sp³-hybridized carbons (Fsp3) is 0.529. The third-order valence-electron chi connectivity index (χ3n) is 3.94. The molecule has 0 bridgehead atoms. The molecule has 3 heteroatoms. The van der Waals surface area contributed by atoms with E-state index < -0.39 is 0 Å². The molecule has 0 saturated heterocycles. The van der Waals surface area contributed by atoms with Crippen LogP contribution in [0.5, 0.6) is 0 Å². The molecule has 0 aliphatic rings. The highest BCUT2D eigenvalue weighted by Gasteiger charge is 2.02. The summed E-state index contributed by atoms with van der Waals surface area (Å²) in [5.74, 6) is 0. The maximum absolute atomic E-state index is 3.53. The fourth-order valence-electron chi connectivity index (χ4n) is 2.31. The van der Waals surface area contributed by atoms with Crippen molar-refractivity contribution in [1.29, 1.82) is 0 Å². The Hall–Kier alpha value is -1.32. The van der Waals surface area contributed by atoms with Crippen LogP contribution in [0.15, 0.2) is 30.5 Å². The number of hydrogen-bond acceptors (Lipinski definition) is 2. The van der Waals surface area contributed by atoms with Crippen LogP contribution >= 0.6 is 0 Å². The van der Waals surface area contributed by atoms with Crippen molar-refractivity contribution in [3.8, 4) is 0 Å². The third-order valence-corrected chi connectivity index (χ3v) is 3.94. The largest absolute Gasteiger partial charge is 0.361 e. The lowest BCUT2D eigenvalue weighted by molar-refractivity contribution is 0.268. The molecule has 0 amide bonds. The topological polar surface area (TPSA) is 31.1 Å². The highest BCUT2D eigenvalue weighted by atomic mass is 15.1. The molecule has 0 saturated carbocycles. The summed E-state index contributed by atoms with van der Waals surface area (Å²) in [6, 6.07) is 9.37. The van der Waals surface area contributed by atoms with Crippen LogP contribution in [-0.4, -0.2) is 36.1 Å². The van der Waals surface area contributed by atoms with E-state index >= 15 is 0 Å². The molecule has 2 aromatic rings. The van der Waals surface area contributed by atoms with Crippen LogP contribution in [0.25, 0.3) is 10.9 Å². The molecular weight excluding hydrogens is 246 g/mol. The Kier molecular flexibility index (Phi) is 5.62. The van der Waals surface area contributed by atoms with E-state index in [2.05, 4.69) is 60.4 Å². The zero-order valence-electron chi connectivity index (χ0n) is 12.9. The van der Waals surface area contributed by atoms with Gasteiger partial charge in [-0.3, -0.25) is 0 Å². The van der Waals surface area contributed by atoms with Crippen LogP contribution in [0.1, 0.15) is 32.3 Å². The number of rotatable bonds is 8. The maximum Gasteiger partial charge on any atom is 0.0457 e. The Morgan fingerprint density at radius 2 is 2.05 bits per heavy atom. The van der Waals surface area contributed by atoms with E-state index in [1.165, 1.54) is 35.9 Å². The molecule has 0 aliphatic carbocycles. The molecule has 0 spiro atoms. The first-order valence-corrected chi connectivity index (χ1v) is 7.64. The molecule has 1 aromatic carbocycles. The lowest BCUT2D eigenvalue weighted by atomic mass is 10.1. The number of aromatic amines is 1. The van der Waals surface area contributed by atoms with Gasteiger partial charge in [0.15, 0.2) is 0 Å². The third kappa shape index (κ3) is 4.36. The van der Waals surface area contributed by atoms with Crippen molar-refractivity contribution >= 4 is 10.9 Å². The summed E-state index contributed by atoms with van der Waals surface area (Å²) in [5, 5.41) is 4.81. The molecule has 3 nitrogen and oxygen atoms in total. The van der Waals surface area contributed by atoms with Crippen molar-refractivity contribution < 1.29 is 0 Å². The fourth-order valence-corrected chi connectivity index (χ4v) is 2.31. The van der Waals surface area contributed by atoms with Gasteiger partial charge in [0, 0.05) is 24.3 Å². The van der Waals surface area contributed by atoms with Gasteiger partial charge in [0.1, 0.15) is 0 Å². The monoisotopic (exact) mass is 273 g/mol. The second-order valence-electron chi connectivity index (χ2n) is 5.86. The summed E-state index contributed by atoms with van der Waals surface area (Å²) in [6.07, 6.45) is 4.49. The van der Waals surface area contributed by atoms with Crippen molar-refractivity contribution in [1.82, 2.24) is 15.2 Å². The first kappa shape index (κ1) is 15.1. The molecule has 0 atom stereocenters. The quantitative estimate of drug-likeness (QED) is 0.722. The van der Waals surface area contributed by atoms with Crippen molar-refractivity contribution in [3.05, 3.63) is 36.0 Å². The van der Waals surface area contributed by atoms with Gasteiger partial charge in [-0.05, 0) is 69.9 Å². The minimum absolute atomic E-state index is 0.649. The summed E-state index contributed by atoms with van der Waals surface area (Å²) in [5.41, 5.74) is 2.57. The first-order chi connectivity index (χ1) is 9.66. The Bertz CT molecular complexity index is 516. The van der Waals surface area contributed by atoms with Gasteiger partial charge >= 0.3 is 0 Å². The van der Waals surface area contributed by atoms with E-state index in [4.69, 9.17) is 0 Å². The van der Waals surface area contributed by atoms with Crippen LogP contribution in [0.3, 0.4) is 0 Å². The van der Waals surface area contributed by atoms with Crippen LogP contribution in [0.4, 0.5) is 0 Å². The van der Waals surface area contributed by atoms with Gasteiger partial charge in [-0.1, -0.05) is 12.1 Å². The number of benzene rings is 1. The first-order valence-electron chi connectivity index (χ1n) is 7.64. The van der Waals surface area contributed by atoms with E-state index in [1.807, 2.05) is 6.20 Å². The van der Waals surface area contributed by atoms with Gasteiger partial charge in [0.2, 0.25) is 0 Å². The highest BCUT2D eigenvalue weighted by molar-refractivity contribution is 5.79. The molecular formula is C17H27N3. The highest BCUT2D eigenvalue weighted by Crippen LogP contribution is 2.13. The average Bonchev–Trinajstić information content (AvgIpc) is 2.89. The van der Waals surface area contributed by atoms with Gasteiger partial charge < -0.3 is 15.2 Å². The number of nitrogens with one attached hydrogen (secondary N) is 2. The van der Waals surface area contributed by atoms with E-state index in [-0.39, 0.29) is 0 Å². The number of unbranched alkanes of at least 4 members (excludes halogenated alkanes) is 1. The van der Waals surface area contributed by atoms with Gasteiger partial charge in [-0.25, -0.2) is 0 Å². The molecule has 0 unspecified atom stereocenters. The van der Waals surface area contributed by atoms with Crippen LogP contribution in [-0.2, 0) is 6.54 Å². The van der Waals surface area contributed by atoms with Crippen LogP contribution in [0.2, 0.25) is 0 Å². The smallest absolute Gasteiger partial charge is 0.0457 e. The lowest BCUT2D eigenvalue weighted by Crippen LogP contribution is -2.27. The zero-order valence-corrected chi connectivity index (χ0v) is 12.9. The molecule has 2 N–H and O–H groups in total. The molecule has 110 valence electrons. The minimum Gasteiger partial charge on any atom is -0.361 e. The summed E-state index contributed by atoms with van der Waals surface area (Å²) in [4.78, 5) is 5.66. The summed E-state index contributed by atoms with van der Waals surface area (Å²) >= 11 is 0. The van der Waals surface area contributed by atoms with Gasteiger partial charge in [0.05, 0.1) is 0 Å². The lowest BCUT2D eigenvalue weighted by Gasteiger charge is -2.20. The van der Waals surface area contributed by atoms with Crippen molar-refractivity contribution in [2.24, 2.45) is 0 Å². The maximum atomic E-state index is 3.53. The summed E-state index contributed by atoms with van der Waals surface area (Å²) in [7, 11) is 2.20. The van der Waals surface area contributed by atoms with Crippen molar-refractivity contribution in [2.45, 2.75) is 39.3 Å².